The van der Waals surface area contributed by atoms with E-state index in [0.29, 0.717) is 25.4 Å². The molecule has 0 radical (unpaired) electrons. The van der Waals surface area contributed by atoms with Crippen LogP contribution in [0.1, 0.15) is 25.7 Å². The van der Waals surface area contributed by atoms with Gasteiger partial charge >= 0.3 is 0 Å². The van der Waals surface area contributed by atoms with E-state index in [4.69, 9.17) is 0 Å². The van der Waals surface area contributed by atoms with Crippen molar-refractivity contribution in [3.05, 3.63) is 34.7 Å². The second kappa shape index (κ2) is 6.52. The maximum Gasteiger partial charge on any atom is 0.250 e. The lowest BCUT2D eigenvalue weighted by Crippen LogP contribution is -2.30. The van der Waals surface area contributed by atoms with E-state index in [-0.39, 0.29) is 17.6 Å². The molecule has 1 saturated carbocycles. The Labute approximate surface area is 112 Å². The summed E-state index contributed by atoms with van der Waals surface area (Å²) in [4.78, 5) is 23.1. The van der Waals surface area contributed by atoms with Gasteiger partial charge in [0.1, 0.15) is 0 Å². The molecule has 1 aliphatic rings. The van der Waals surface area contributed by atoms with Gasteiger partial charge in [0.25, 0.3) is 5.56 Å². The van der Waals surface area contributed by atoms with Crippen molar-refractivity contribution in [2.45, 2.75) is 38.3 Å². The molecule has 19 heavy (non-hydrogen) atoms. The van der Waals surface area contributed by atoms with Gasteiger partial charge in [-0.25, -0.2) is 0 Å². The van der Waals surface area contributed by atoms with E-state index in [1.54, 1.807) is 18.3 Å². The van der Waals surface area contributed by atoms with Gasteiger partial charge in [-0.1, -0.05) is 6.07 Å². The molecule has 104 valence electrons. The molecule has 5 nitrogen and oxygen atoms in total. The predicted molar refractivity (Wildman–Crippen MR) is 71.7 cm³/mol. The van der Waals surface area contributed by atoms with Gasteiger partial charge in [0, 0.05) is 31.8 Å². The fourth-order valence-electron chi connectivity index (χ4n) is 2.45. The monoisotopic (exact) mass is 264 g/mol. The zero-order valence-corrected chi connectivity index (χ0v) is 10.9. The number of hydrogen-bond donors (Lipinski definition) is 2. The van der Waals surface area contributed by atoms with Crippen molar-refractivity contribution in [1.82, 2.24) is 9.88 Å². The Morgan fingerprint density at radius 2 is 2.26 bits per heavy atom. The Balaban J connectivity index is 1.70. The van der Waals surface area contributed by atoms with Gasteiger partial charge in [0.2, 0.25) is 5.91 Å². The van der Waals surface area contributed by atoms with E-state index in [0.717, 1.165) is 19.3 Å². The maximum absolute atomic E-state index is 11.7. The molecule has 0 saturated heterocycles. The van der Waals surface area contributed by atoms with Crippen LogP contribution in [0.5, 0.6) is 0 Å². The topological polar surface area (TPSA) is 71.3 Å². The summed E-state index contributed by atoms with van der Waals surface area (Å²) >= 11 is 0. The van der Waals surface area contributed by atoms with Gasteiger partial charge < -0.3 is 15.0 Å². The van der Waals surface area contributed by atoms with Crippen LogP contribution >= 0.6 is 0 Å². The van der Waals surface area contributed by atoms with Crippen molar-refractivity contribution in [2.75, 3.05) is 6.54 Å². The molecule has 2 atom stereocenters. The Morgan fingerprint density at radius 3 is 2.95 bits per heavy atom. The Morgan fingerprint density at radius 1 is 1.42 bits per heavy atom. The zero-order valence-electron chi connectivity index (χ0n) is 10.9. The predicted octanol–water partition coefficient (Wildman–Crippen LogP) is 0.516. The summed E-state index contributed by atoms with van der Waals surface area (Å²) in [5.74, 6) is 0.343. The van der Waals surface area contributed by atoms with Gasteiger partial charge in [0.15, 0.2) is 0 Å². The van der Waals surface area contributed by atoms with Crippen LogP contribution in [0.3, 0.4) is 0 Å². The molecular weight excluding hydrogens is 244 g/mol. The van der Waals surface area contributed by atoms with Crippen LogP contribution in [0, 0.1) is 5.92 Å². The third-order valence-electron chi connectivity index (χ3n) is 3.58. The second-order valence-electron chi connectivity index (χ2n) is 5.12. The molecule has 0 aromatic carbocycles. The minimum atomic E-state index is -0.204. The Kier molecular flexibility index (Phi) is 4.74. The summed E-state index contributed by atoms with van der Waals surface area (Å²) < 4.78 is 1.53. The molecular formula is C14H20N2O3. The van der Waals surface area contributed by atoms with E-state index in [2.05, 4.69) is 5.32 Å². The number of carbonyl (C=O) groups excluding carboxylic acids is 1. The lowest BCUT2D eigenvalue weighted by atomic mass is 10.1. The first-order chi connectivity index (χ1) is 9.15. The van der Waals surface area contributed by atoms with Gasteiger partial charge in [-0.05, 0) is 31.2 Å². The highest BCUT2D eigenvalue weighted by atomic mass is 16.3. The molecule has 1 aliphatic carbocycles. The van der Waals surface area contributed by atoms with E-state index in [9.17, 15) is 14.7 Å². The minimum Gasteiger partial charge on any atom is -0.393 e. The molecule has 0 bridgehead atoms. The standard InChI is InChI=1S/C14H20N2O3/c17-12-5-4-11(9-12)10-15-13(18)6-8-16-7-2-1-3-14(16)19/h1-3,7,11-12,17H,4-6,8-10H2,(H,15,18). The number of nitrogens with one attached hydrogen (secondary N) is 1. The van der Waals surface area contributed by atoms with Crippen molar-refractivity contribution >= 4 is 5.91 Å². The smallest absolute Gasteiger partial charge is 0.250 e. The van der Waals surface area contributed by atoms with E-state index >= 15 is 0 Å². The van der Waals surface area contributed by atoms with Crippen molar-refractivity contribution in [3.8, 4) is 0 Å². The Bertz CT molecular complexity index is 484. The van der Waals surface area contributed by atoms with E-state index in [1.807, 2.05) is 0 Å². The highest BCUT2D eigenvalue weighted by Gasteiger charge is 2.22. The fraction of sp³-hybridized carbons (Fsp3) is 0.571. The van der Waals surface area contributed by atoms with Gasteiger partial charge in [-0.2, -0.15) is 0 Å². The summed E-state index contributed by atoms with van der Waals surface area (Å²) in [7, 11) is 0. The summed E-state index contributed by atoms with van der Waals surface area (Å²) in [6.07, 6.45) is 4.37. The van der Waals surface area contributed by atoms with E-state index in [1.165, 1.54) is 10.6 Å². The first-order valence-corrected chi connectivity index (χ1v) is 6.75. The number of rotatable bonds is 5. The number of aromatic nitrogens is 1. The van der Waals surface area contributed by atoms with Crippen LogP contribution in [0.15, 0.2) is 29.2 Å². The fourth-order valence-corrected chi connectivity index (χ4v) is 2.45. The lowest BCUT2D eigenvalue weighted by Gasteiger charge is -2.11. The maximum atomic E-state index is 11.7. The van der Waals surface area contributed by atoms with Gasteiger partial charge in [-0.3, -0.25) is 9.59 Å². The number of carbonyl (C=O) groups is 1. The molecule has 2 rings (SSSR count). The normalized spacial score (nSPS) is 22.4. The first kappa shape index (κ1) is 13.8. The number of aryl methyl sites for hydroxylation is 1. The average molecular weight is 264 g/mol. The van der Waals surface area contributed by atoms with Crippen LogP contribution < -0.4 is 10.9 Å². The molecule has 0 aliphatic heterocycles. The third kappa shape index (κ3) is 4.21. The summed E-state index contributed by atoms with van der Waals surface area (Å²) in [6.45, 7) is 1.03. The molecule has 1 aromatic rings. The highest BCUT2D eigenvalue weighted by Crippen LogP contribution is 2.24. The summed E-state index contributed by atoms with van der Waals surface area (Å²) in [5, 5.41) is 12.3. The SMILES string of the molecule is O=C(CCn1ccccc1=O)NCC1CCC(O)C1. The molecule has 1 fully saturated rings. The minimum absolute atomic E-state index is 0.0443. The van der Waals surface area contributed by atoms with Gasteiger partial charge in [-0.15, -0.1) is 0 Å². The number of hydrogen-bond acceptors (Lipinski definition) is 3. The van der Waals surface area contributed by atoms with Crippen molar-refractivity contribution in [3.63, 3.8) is 0 Å². The Hall–Kier alpha value is -1.62. The molecule has 2 unspecified atom stereocenters. The van der Waals surface area contributed by atoms with Gasteiger partial charge in [0.05, 0.1) is 6.10 Å². The molecule has 2 N–H and O–H groups in total. The van der Waals surface area contributed by atoms with Crippen molar-refractivity contribution < 1.29 is 9.90 Å². The number of nitrogens with zero attached hydrogens (tertiary/aromatic N) is 1. The van der Waals surface area contributed by atoms with Crippen LogP contribution in [-0.4, -0.2) is 28.2 Å². The van der Waals surface area contributed by atoms with Crippen LogP contribution in [-0.2, 0) is 11.3 Å². The quantitative estimate of drug-likeness (QED) is 0.814. The second-order valence-corrected chi connectivity index (χ2v) is 5.12. The number of aliphatic hydroxyl groups excluding tert-OH is 1. The molecule has 1 amide bonds. The van der Waals surface area contributed by atoms with Crippen molar-refractivity contribution in [1.29, 1.82) is 0 Å². The van der Waals surface area contributed by atoms with Crippen LogP contribution in [0.25, 0.3) is 0 Å². The number of amides is 1. The largest absolute Gasteiger partial charge is 0.393 e. The molecule has 0 spiro atoms. The summed E-state index contributed by atoms with van der Waals surface area (Å²) in [5.41, 5.74) is -0.0887. The van der Waals surface area contributed by atoms with Crippen LogP contribution in [0.2, 0.25) is 0 Å². The number of pyridine rings is 1. The number of aliphatic hydroxyl groups is 1. The lowest BCUT2D eigenvalue weighted by molar-refractivity contribution is -0.121. The average Bonchev–Trinajstić information content (AvgIpc) is 2.81. The van der Waals surface area contributed by atoms with Crippen LogP contribution in [0.4, 0.5) is 0 Å². The first-order valence-electron chi connectivity index (χ1n) is 6.75. The zero-order chi connectivity index (χ0) is 13.7. The molecule has 1 aromatic heterocycles. The molecule has 5 heteroatoms. The summed E-state index contributed by atoms with van der Waals surface area (Å²) in [6, 6.07) is 4.95. The molecule has 1 heterocycles. The van der Waals surface area contributed by atoms with E-state index < -0.39 is 0 Å². The van der Waals surface area contributed by atoms with Crippen molar-refractivity contribution in [2.24, 2.45) is 5.92 Å². The highest BCUT2D eigenvalue weighted by molar-refractivity contribution is 5.75. The third-order valence-corrected chi connectivity index (χ3v) is 3.58.